The summed E-state index contributed by atoms with van der Waals surface area (Å²) in [5, 5.41) is 1.75. The van der Waals surface area contributed by atoms with Crippen LogP contribution in [0.3, 0.4) is 0 Å². The number of rotatable bonds is 4. The highest BCUT2D eigenvalue weighted by Crippen LogP contribution is 2.42. The molecule has 0 saturated carbocycles. The van der Waals surface area contributed by atoms with E-state index in [0.29, 0.717) is 17.9 Å². The van der Waals surface area contributed by atoms with Gasteiger partial charge in [0.05, 0.1) is 25.6 Å². The maximum Gasteiger partial charge on any atom is 0.165 e. The molecule has 34 heavy (non-hydrogen) atoms. The number of carbonyl (C=O) groups is 1. The van der Waals surface area contributed by atoms with Crippen LogP contribution in [-0.2, 0) is 6.42 Å². The fraction of sp³-hybridized carbons (Fsp3) is 0.172. The second-order valence-corrected chi connectivity index (χ2v) is 8.55. The third-order valence-electron chi connectivity index (χ3n) is 6.66. The summed E-state index contributed by atoms with van der Waals surface area (Å²) in [6, 6.07) is 24.4. The second-order valence-electron chi connectivity index (χ2n) is 8.55. The first-order valence-electron chi connectivity index (χ1n) is 11.5. The topological polar surface area (TPSA) is 52.8 Å². The Labute approximate surface area is 197 Å². The van der Waals surface area contributed by atoms with E-state index in [4.69, 9.17) is 14.5 Å². The second kappa shape index (κ2) is 8.03. The van der Waals surface area contributed by atoms with E-state index in [0.717, 1.165) is 63.0 Å². The van der Waals surface area contributed by atoms with Crippen LogP contribution in [0.25, 0.3) is 38.9 Å². The van der Waals surface area contributed by atoms with E-state index >= 15 is 0 Å². The number of benzene rings is 3. The number of aromatic nitrogens is 2. The number of aryl methyl sites for hydroxylation is 1. The summed E-state index contributed by atoms with van der Waals surface area (Å²) in [4.78, 5) is 18.5. The molecule has 5 heteroatoms. The van der Waals surface area contributed by atoms with Gasteiger partial charge in [0.25, 0.3) is 0 Å². The van der Waals surface area contributed by atoms with E-state index in [9.17, 15) is 4.79 Å². The van der Waals surface area contributed by atoms with Crippen molar-refractivity contribution in [2.75, 3.05) is 14.2 Å². The molecule has 0 spiro atoms. The lowest BCUT2D eigenvalue weighted by molar-refractivity contribution is 0.0973. The van der Waals surface area contributed by atoms with Crippen LogP contribution < -0.4 is 9.47 Å². The van der Waals surface area contributed by atoms with Gasteiger partial charge >= 0.3 is 0 Å². The van der Waals surface area contributed by atoms with Crippen LogP contribution in [0.15, 0.2) is 72.8 Å². The molecule has 0 N–H and O–H groups in total. The van der Waals surface area contributed by atoms with Crippen LogP contribution in [0.2, 0.25) is 0 Å². The maximum atomic E-state index is 13.3. The predicted molar refractivity (Wildman–Crippen MR) is 134 cm³/mol. The Bertz CT molecular complexity index is 1550. The van der Waals surface area contributed by atoms with Gasteiger partial charge in [-0.05, 0) is 25.0 Å². The van der Waals surface area contributed by atoms with Gasteiger partial charge in [-0.15, -0.1) is 0 Å². The highest BCUT2D eigenvalue weighted by atomic mass is 16.5. The molecule has 1 aliphatic rings. The van der Waals surface area contributed by atoms with Crippen molar-refractivity contribution in [2.24, 2.45) is 0 Å². The summed E-state index contributed by atoms with van der Waals surface area (Å²) in [6.45, 7) is 0. The standard InChI is InChI=1S/C29H24N2O3/c1-33-24-16-20-21(17-25(24)34-2)29-30-27(18-10-5-3-6-11-18)28(19-12-7-4-8-13-19)31(29)22-14-9-15-23(32)26(20)22/h3-8,10-13,16-17H,9,14-15H2,1-2H3. The number of carbonyl (C=O) groups excluding carboxylic acids is 1. The van der Waals surface area contributed by atoms with Gasteiger partial charge in [0.2, 0.25) is 0 Å². The van der Waals surface area contributed by atoms with Crippen LogP contribution in [0.1, 0.15) is 28.9 Å². The number of methoxy groups -OCH3 is 2. The Morgan fingerprint density at radius 2 is 1.41 bits per heavy atom. The number of hydrogen-bond acceptors (Lipinski definition) is 4. The van der Waals surface area contributed by atoms with Crippen molar-refractivity contribution in [1.29, 1.82) is 0 Å². The molecule has 5 nitrogen and oxygen atoms in total. The number of pyridine rings is 1. The number of imidazole rings is 1. The first kappa shape index (κ1) is 20.5. The molecule has 0 bridgehead atoms. The number of hydrogen-bond donors (Lipinski definition) is 0. The van der Waals surface area contributed by atoms with Gasteiger partial charge in [0.15, 0.2) is 17.3 Å². The summed E-state index contributed by atoms with van der Waals surface area (Å²) in [7, 11) is 3.24. The number of fused-ring (bicyclic) bond motifs is 6. The Morgan fingerprint density at radius 1 is 0.794 bits per heavy atom. The normalized spacial score (nSPS) is 13.3. The fourth-order valence-electron chi connectivity index (χ4n) is 5.15. The molecule has 0 saturated heterocycles. The predicted octanol–water partition coefficient (Wildman–Crippen LogP) is 6.36. The first-order chi connectivity index (χ1) is 16.7. The molecule has 2 heterocycles. The average Bonchev–Trinajstić information content (AvgIpc) is 3.30. The number of ketones is 1. The van der Waals surface area contributed by atoms with Crippen molar-refractivity contribution in [1.82, 2.24) is 9.38 Å². The zero-order valence-electron chi connectivity index (χ0n) is 19.2. The molecule has 5 aromatic rings. The Balaban J connectivity index is 1.85. The van der Waals surface area contributed by atoms with Gasteiger partial charge in [-0.2, -0.15) is 0 Å². The van der Waals surface area contributed by atoms with E-state index in [1.807, 2.05) is 48.5 Å². The minimum atomic E-state index is 0.161. The fourth-order valence-corrected chi connectivity index (χ4v) is 5.15. The molecule has 0 amide bonds. The molecule has 6 rings (SSSR count). The van der Waals surface area contributed by atoms with Crippen molar-refractivity contribution in [2.45, 2.75) is 19.3 Å². The molecule has 0 unspecified atom stereocenters. The molecule has 0 aliphatic heterocycles. The summed E-state index contributed by atoms with van der Waals surface area (Å²) in [5.41, 5.74) is 6.60. The van der Waals surface area contributed by atoms with Crippen molar-refractivity contribution in [3.8, 4) is 34.0 Å². The van der Waals surface area contributed by atoms with Crippen LogP contribution in [0, 0.1) is 0 Å². The van der Waals surface area contributed by atoms with Crippen LogP contribution in [0.5, 0.6) is 11.5 Å². The zero-order valence-corrected chi connectivity index (χ0v) is 19.2. The highest BCUT2D eigenvalue weighted by molar-refractivity contribution is 6.14. The van der Waals surface area contributed by atoms with Gasteiger partial charge in [-0.25, -0.2) is 4.98 Å². The van der Waals surface area contributed by atoms with E-state index in [2.05, 4.69) is 28.7 Å². The van der Waals surface area contributed by atoms with Crippen LogP contribution >= 0.6 is 0 Å². The monoisotopic (exact) mass is 448 g/mol. The zero-order chi connectivity index (χ0) is 23.2. The highest BCUT2D eigenvalue weighted by Gasteiger charge is 2.29. The van der Waals surface area contributed by atoms with Gasteiger partial charge < -0.3 is 9.47 Å². The molecule has 0 fully saturated rings. The van der Waals surface area contributed by atoms with Crippen LogP contribution in [0.4, 0.5) is 0 Å². The van der Waals surface area contributed by atoms with Crippen molar-refractivity contribution >= 4 is 22.2 Å². The lowest BCUT2D eigenvalue weighted by Gasteiger charge is -2.22. The van der Waals surface area contributed by atoms with Gasteiger partial charge in [-0.1, -0.05) is 60.7 Å². The number of nitrogens with zero attached hydrogens (tertiary/aromatic N) is 2. The van der Waals surface area contributed by atoms with E-state index in [1.54, 1.807) is 14.2 Å². The summed E-state index contributed by atoms with van der Waals surface area (Å²) in [6.07, 6.45) is 2.18. The van der Waals surface area contributed by atoms with E-state index < -0.39 is 0 Å². The van der Waals surface area contributed by atoms with Gasteiger partial charge in [0, 0.05) is 39.6 Å². The quantitative estimate of drug-likeness (QED) is 0.321. The van der Waals surface area contributed by atoms with Crippen molar-refractivity contribution in [3.63, 3.8) is 0 Å². The van der Waals surface area contributed by atoms with Crippen molar-refractivity contribution < 1.29 is 14.3 Å². The van der Waals surface area contributed by atoms with Gasteiger partial charge in [0.1, 0.15) is 5.65 Å². The molecular weight excluding hydrogens is 424 g/mol. The Hall–Kier alpha value is -4.12. The largest absolute Gasteiger partial charge is 0.493 e. The van der Waals surface area contributed by atoms with E-state index in [-0.39, 0.29) is 5.78 Å². The average molecular weight is 449 g/mol. The first-order valence-corrected chi connectivity index (χ1v) is 11.5. The minimum Gasteiger partial charge on any atom is -0.493 e. The number of ether oxygens (including phenoxy) is 2. The SMILES string of the molecule is COc1cc2c3c(n4c(-c5ccccc5)c(-c5ccccc5)nc4c2cc1OC)CCCC3=O. The Morgan fingerprint density at radius 3 is 2.06 bits per heavy atom. The molecule has 1 aliphatic carbocycles. The van der Waals surface area contributed by atoms with Crippen LogP contribution in [-0.4, -0.2) is 29.4 Å². The smallest absolute Gasteiger partial charge is 0.165 e. The maximum absolute atomic E-state index is 13.3. The summed E-state index contributed by atoms with van der Waals surface area (Å²) >= 11 is 0. The molecule has 3 aromatic carbocycles. The molecule has 0 radical (unpaired) electrons. The van der Waals surface area contributed by atoms with E-state index in [1.165, 1.54) is 0 Å². The lowest BCUT2D eigenvalue weighted by Crippen LogP contribution is -2.16. The third kappa shape index (κ3) is 3.00. The molecular formula is C29H24N2O3. The third-order valence-corrected chi connectivity index (χ3v) is 6.66. The molecule has 0 atom stereocenters. The molecule has 2 aromatic heterocycles. The lowest BCUT2D eigenvalue weighted by atomic mass is 9.90. The summed E-state index contributed by atoms with van der Waals surface area (Å²) < 4.78 is 13.4. The minimum absolute atomic E-state index is 0.161. The number of Topliss-reactive ketones (excluding diaryl/α,β-unsaturated/α-hetero) is 1. The van der Waals surface area contributed by atoms with Gasteiger partial charge in [-0.3, -0.25) is 9.20 Å². The summed E-state index contributed by atoms with van der Waals surface area (Å²) in [5.74, 6) is 1.39. The molecule has 168 valence electrons. The Kier molecular flexibility index (Phi) is 4.84. The van der Waals surface area contributed by atoms with Crippen molar-refractivity contribution in [3.05, 3.63) is 84.1 Å².